The number of hydrogen-bond donors (Lipinski definition) is 0. The van der Waals surface area contributed by atoms with Gasteiger partial charge in [-0.05, 0) is 24.8 Å². The number of carbonyl (C=O) groups excluding carboxylic acids is 1. The minimum absolute atomic E-state index is 0.118. The van der Waals surface area contributed by atoms with Crippen LogP contribution in [0.5, 0.6) is 0 Å². The van der Waals surface area contributed by atoms with Gasteiger partial charge in [0.1, 0.15) is 10.8 Å². The number of thiazole rings is 1. The van der Waals surface area contributed by atoms with Crippen molar-refractivity contribution in [2.75, 3.05) is 26.2 Å². The molecule has 1 amide bonds. The van der Waals surface area contributed by atoms with E-state index in [0.717, 1.165) is 32.7 Å². The number of amides is 1. The molecule has 2 aliphatic rings. The normalized spacial score (nSPS) is 24.9. The Hall–Kier alpha value is -1.66. The first-order valence-corrected chi connectivity index (χ1v) is 8.53. The molecular weight excluding hydrogens is 298 g/mol. The minimum atomic E-state index is 0.118. The van der Waals surface area contributed by atoms with Crippen LogP contribution in [-0.2, 0) is 6.54 Å². The minimum Gasteiger partial charge on any atom is -0.469 e. The molecule has 2 saturated heterocycles. The van der Waals surface area contributed by atoms with Gasteiger partial charge in [0.05, 0.1) is 18.4 Å². The van der Waals surface area contributed by atoms with Gasteiger partial charge in [0.25, 0.3) is 5.91 Å². The number of nitrogens with zero attached hydrogens (tertiary/aromatic N) is 3. The van der Waals surface area contributed by atoms with Gasteiger partial charge in [-0.1, -0.05) is 0 Å². The molecule has 0 spiro atoms. The Morgan fingerprint density at radius 2 is 2.14 bits per heavy atom. The van der Waals surface area contributed by atoms with Crippen LogP contribution in [0.3, 0.4) is 0 Å². The molecule has 6 heteroatoms. The van der Waals surface area contributed by atoms with Crippen molar-refractivity contribution in [1.29, 1.82) is 0 Å². The van der Waals surface area contributed by atoms with E-state index in [4.69, 9.17) is 4.42 Å². The number of furan rings is 1. The fraction of sp³-hybridized carbons (Fsp3) is 0.500. The van der Waals surface area contributed by atoms with Crippen molar-refractivity contribution in [3.05, 3.63) is 40.2 Å². The number of likely N-dealkylation sites (tertiary alicyclic amines) is 2. The third-order valence-corrected chi connectivity index (χ3v) is 5.55. The number of rotatable bonds is 3. The van der Waals surface area contributed by atoms with Crippen LogP contribution in [0.4, 0.5) is 0 Å². The fourth-order valence-electron chi connectivity index (χ4n) is 3.68. The highest BCUT2D eigenvalue weighted by molar-refractivity contribution is 7.09. The molecule has 2 aromatic rings. The zero-order valence-corrected chi connectivity index (χ0v) is 13.4. The first-order chi connectivity index (χ1) is 10.7. The van der Waals surface area contributed by atoms with E-state index in [1.54, 1.807) is 23.7 Å². The lowest BCUT2D eigenvalue weighted by atomic mass is 10.0. The molecule has 0 radical (unpaired) electrons. The van der Waals surface area contributed by atoms with Gasteiger partial charge in [0.2, 0.25) is 0 Å². The van der Waals surface area contributed by atoms with Crippen molar-refractivity contribution in [3.8, 4) is 0 Å². The maximum Gasteiger partial charge on any atom is 0.257 e. The average molecular weight is 317 g/mol. The maximum absolute atomic E-state index is 12.5. The van der Waals surface area contributed by atoms with Gasteiger partial charge in [-0.15, -0.1) is 11.3 Å². The molecule has 0 aromatic carbocycles. The summed E-state index contributed by atoms with van der Waals surface area (Å²) in [5.74, 6) is 2.02. The Morgan fingerprint density at radius 1 is 1.36 bits per heavy atom. The van der Waals surface area contributed by atoms with E-state index < -0.39 is 0 Å². The number of fused-ring (bicyclic) bond motifs is 1. The first kappa shape index (κ1) is 14.0. The Kier molecular flexibility index (Phi) is 3.50. The lowest BCUT2D eigenvalue weighted by Crippen LogP contribution is -2.33. The first-order valence-electron chi connectivity index (χ1n) is 7.65. The van der Waals surface area contributed by atoms with Crippen LogP contribution < -0.4 is 0 Å². The molecule has 4 rings (SSSR count). The second-order valence-electron chi connectivity index (χ2n) is 6.24. The molecule has 0 N–H and O–H groups in total. The molecule has 0 bridgehead atoms. The van der Waals surface area contributed by atoms with E-state index >= 15 is 0 Å². The molecule has 22 heavy (non-hydrogen) atoms. The van der Waals surface area contributed by atoms with Gasteiger partial charge in [-0.25, -0.2) is 4.98 Å². The van der Waals surface area contributed by atoms with E-state index in [1.807, 2.05) is 23.4 Å². The van der Waals surface area contributed by atoms with Crippen molar-refractivity contribution in [1.82, 2.24) is 14.8 Å². The van der Waals surface area contributed by atoms with E-state index in [2.05, 4.69) is 9.88 Å². The van der Waals surface area contributed by atoms with Crippen molar-refractivity contribution >= 4 is 17.2 Å². The summed E-state index contributed by atoms with van der Waals surface area (Å²) in [5, 5.41) is 3.21. The van der Waals surface area contributed by atoms with E-state index in [-0.39, 0.29) is 5.91 Å². The van der Waals surface area contributed by atoms with Crippen molar-refractivity contribution in [2.45, 2.75) is 13.5 Å². The second-order valence-corrected chi connectivity index (χ2v) is 7.22. The lowest BCUT2D eigenvalue weighted by Gasteiger charge is -2.20. The number of aryl methyl sites for hydroxylation is 1. The zero-order chi connectivity index (χ0) is 15.1. The highest BCUT2D eigenvalue weighted by atomic mass is 32.1. The van der Waals surface area contributed by atoms with Gasteiger partial charge in [0, 0.05) is 37.8 Å². The summed E-state index contributed by atoms with van der Waals surface area (Å²) in [7, 11) is 0. The molecule has 0 unspecified atom stereocenters. The Balaban J connectivity index is 1.37. The summed E-state index contributed by atoms with van der Waals surface area (Å²) in [6, 6.07) is 1.78. The fourth-order valence-corrected chi connectivity index (χ4v) is 4.34. The summed E-state index contributed by atoms with van der Waals surface area (Å²) in [6.45, 7) is 6.65. The molecule has 116 valence electrons. The van der Waals surface area contributed by atoms with Crippen LogP contribution in [0.25, 0.3) is 0 Å². The van der Waals surface area contributed by atoms with Crippen LogP contribution in [-0.4, -0.2) is 46.9 Å². The number of aromatic nitrogens is 1. The Bertz CT molecular complexity index is 653. The van der Waals surface area contributed by atoms with Crippen LogP contribution in [0.2, 0.25) is 0 Å². The van der Waals surface area contributed by atoms with Crippen molar-refractivity contribution in [3.63, 3.8) is 0 Å². The van der Waals surface area contributed by atoms with E-state index in [0.29, 0.717) is 23.2 Å². The SMILES string of the molecule is Cc1occc1C(=O)N1C[C@H]2CN(Cc3nccs3)C[C@H]2C1. The van der Waals surface area contributed by atoms with Gasteiger partial charge in [-0.2, -0.15) is 0 Å². The van der Waals surface area contributed by atoms with Crippen LogP contribution in [0.15, 0.2) is 28.3 Å². The third-order valence-electron chi connectivity index (χ3n) is 4.78. The highest BCUT2D eigenvalue weighted by Gasteiger charge is 2.42. The van der Waals surface area contributed by atoms with E-state index in [1.165, 1.54) is 5.01 Å². The van der Waals surface area contributed by atoms with Crippen molar-refractivity contribution in [2.24, 2.45) is 11.8 Å². The van der Waals surface area contributed by atoms with Crippen LogP contribution in [0.1, 0.15) is 21.1 Å². The van der Waals surface area contributed by atoms with Crippen molar-refractivity contribution < 1.29 is 9.21 Å². The predicted octanol–water partition coefficient (Wildman–Crippen LogP) is 2.25. The van der Waals surface area contributed by atoms with Gasteiger partial charge < -0.3 is 9.32 Å². The largest absolute Gasteiger partial charge is 0.469 e. The highest BCUT2D eigenvalue weighted by Crippen LogP contribution is 2.33. The smallest absolute Gasteiger partial charge is 0.257 e. The molecule has 2 aliphatic heterocycles. The molecule has 2 aromatic heterocycles. The molecule has 5 nitrogen and oxygen atoms in total. The maximum atomic E-state index is 12.5. The Morgan fingerprint density at radius 3 is 2.73 bits per heavy atom. The molecule has 0 aliphatic carbocycles. The van der Waals surface area contributed by atoms with Gasteiger partial charge in [0.15, 0.2) is 0 Å². The summed E-state index contributed by atoms with van der Waals surface area (Å²) >= 11 is 1.72. The third kappa shape index (κ3) is 2.46. The second kappa shape index (κ2) is 5.52. The van der Waals surface area contributed by atoms with Gasteiger partial charge >= 0.3 is 0 Å². The monoisotopic (exact) mass is 317 g/mol. The van der Waals surface area contributed by atoms with Gasteiger partial charge in [-0.3, -0.25) is 9.69 Å². The number of carbonyl (C=O) groups is 1. The van der Waals surface area contributed by atoms with Crippen LogP contribution >= 0.6 is 11.3 Å². The van der Waals surface area contributed by atoms with Crippen LogP contribution in [0, 0.1) is 18.8 Å². The zero-order valence-electron chi connectivity index (χ0n) is 12.6. The standard InChI is InChI=1S/C16H19N3O2S/c1-11-14(2-4-21-11)16(20)19-8-12-6-18(7-13(12)9-19)10-15-17-3-5-22-15/h2-5,12-13H,6-10H2,1H3/t12-,13+. The summed E-state index contributed by atoms with van der Waals surface area (Å²) in [5.41, 5.74) is 0.708. The summed E-state index contributed by atoms with van der Waals surface area (Å²) in [4.78, 5) is 21.4. The summed E-state index contributed by atoms with van der Waals surface area (Å²) in [6.07, 6.45) is 3.46. The molecule has 0 saturated carbocycles. The topological polar surface area (TPSA) is 49.6 Å². The molecule has 2 atom stereocenters. The number of hydrogen-bond acceptors (Lipinski definition) is 5. The molecule has 4 heterocycles. The molecule has 2 fully saturated rings. The quantitative estimate of drug-likeness (QED) is 0.871. The molecular formula is C16H19N3O2S. The Labute approximate surface area is 133 Å². The summed E-state index contributed by atoms with van der Waals surface area (Å²) < 4.78 is 5.25. The van der Waals surface area contributed by atoms with E-state index in [9.17, 15) is 4.79 Å². The predicted molar refractivity (Wildman–Crippen MR) is 83.7 cm³/mol. The average Bonchev–Trinajstić information content (AvgIpc) is 3.22. The lowest BCUT2D eigenvalue weighted by molar-refractivity contribution is 0.0771.